The fourth-order valence-corrected chi connectivity index (χ4v) is 11.9. The molecule has 9 aromatic rings. The van der Waals surface area contributed by atoms with Crippen molar-refractivity contribution in [1.82, 2.24) is 39.9 Å². The molecule has 6 aromatic heterocycles. The Bertz CT molecular complexity index is 4390. The Morgan fingerprint density at radius 2 is 0.802 bits per heavy atom. The molecule has 8 nitrogen and oxygen atoms in total. The molecular formula is C70H53BrN8Zn2. The minimum Gasteiger partial charge on any atom is -0.657 e. The molecule has 0 radical (unpaired) electrons. The van der Waals surface area contributed by atoms with Crippen LogP contribution in [0.2, 0.25) is 0 Å². The van der Waals surface area contributed by atoms with Crippen molar-refractivity contribution in [3.8, 4) is 45.2 Å². The molecule has 0 atom stereocenters. The number of benzene rings is 3. The topological polar surface area (TPSA) is 108 Å². The van der Waals surface area contributed by atoms with E-state index in [1.807, 2.05) is 30.3 Å². The summed E-state index contributed by atoms with van der Waals surface area (Å²) in [5.41, 5.74) is 23.1. The van der Waals surface area contributed by atoms with Gasteiger partial charge in [0.15, 0.2) is 0 Å². The van der Waals surface area contributed by atoms with Crippen molar-refractivity contribution in [3.05, 3.63) is 212 Å². The van der Waals surface area contributed by atoms with E-state index in [4.69, 9.17) is 39.9 Å². The number of aromatic nitrogens is 8. The standard InChI is InChI=1S/C70H53BrN8.2Zn/c1-5-43(6-2)65-55-31-29-51(74-55)50(52-30-32-56(75-52)66(44(7-3)8-4)58-38-40-64(79-58)70(71)63-39-37-57(65)78-63)26-21-42-19-22-47(23-20-42)69-61-35-33-59(76-61)67(45-15-11-9-12-16-45)53-27-24-48(72-53)41-49-25-28-54(73-49)68(46-17-13-10-14-18-46)60-34-36-62(69)77-60;;/h9-20,22-25,27-41,43-44H,5-8H2,1-4H3;;/q-4;2*+2. The van der Waals surface area contributed by atoms with Crippen molar-refractivity contribution in [3.63, 3.8) is 0 Å². The van der Waals surface area contributed by atoms with Crippen LogP contribution in [-0.2, 0) is 39.0 Å². The first kappa shape index (κ1) is 55.1. The van der Waals surface area contributed by atoms with E-state index in [2.05, 4.69) is 213 Å². The van der Waals surface area contributed by atoms with Crippen molar-refractivity contribution in [2.24, 2.45) is 0 Å². The summed E-state index contributed by atoms with van der Waals surface area (Å²) in [7, 11) is 0. The van der Waals surface area contributed by atoms with E-state index in [-0.39, 0.29) is 50.8 Å². The third-order valence-electron chi connectivity index (χ3n) is 15.5. The van der Waals surface area contributed by atoms with E-state index >= 15 is 0 Å². The Hall–Kier alpha value is -7.85. The summed E-state index contributed by atoms with van der Waals surface area (Å²) >= 11 is 3.91. The SMILES string of the molecule is CCC(CC)c1c2nc(c(C#Cc3ccc(-c4c5nc(c(-c6ccccc6)c6ccc(cc7nc(c(-c8ccccc8)c8ccc4[n-]8)C=C7)[n-]6)C=C5)cc3)c3ccc([n-]3)c(C(CC)CC)c3nc(c(Br)c4ccc1[n-]4)C=C3)C=C2.[Zn+2].[Zn+2]. The molecule has 4 aliphatic heterocycles. The number of halogens is 1. The molecule has 16 bridgehead atoms. The maximum absolute atomic E-state index is 5.43. The average Bonchev–Trinajstić information content (AvgIpc) is 4.34. The van der Waals surface area contributed by atoms with Gasteiger partial charge in [0.1, 0.15) is 0 Å². The van der Waals surface area contributed by atoms with Crippen molar-refractivity contribution >= 4 is 109 Å². The Morgan fingerprint density at radius 3 is 1.40 bits per heavy atom. The molecule has 0 saturated carbocycles. The first-order valence-corrected chi connectivity index (χ1v) is 28.1. The van der Waals surface area contributed by atoms with Gasteiger partial charge >= 0.3 is 39.0 Å². The maximum atomic E-state index is 5.43. The largest absolute Gasteiger partial charge is 2.00 e. The van der Waals surface area contributed by atoms with Crippen LogP contribution in [0.15, 0.2) is 144 Å². The second-order valence-corrected chi connectivity index (χ2v) is 21.0. The minimum absolute atomic E-state index is 0. The smallest absolute Gasteiger partial charge is 0.657 e. The third kappa shape index (κ3) is 10.6. The molecule has 4 aliphatic rings. The molecule has 0 unspecified atom stereocenters. The van der Waals surface area contributed by atoms with Gasteiger partial charge in [0.05, 0.1) is 45.6 Å². The molecule has 0 amide bonds. The normalized spacial score (nSPS) is 12.2. The molecule has 3 aromatic carbocycles. The van der Waals surface area contributed by atoms with Crippen LogP contribution >= 0.6 is 15.9 Å². The van der Waals surface area contributed by atoms with Crippen LogP contribution < -0.4 is 19.9 Å². The number of rotatable bonds is 9. The quantitative estimate of drug-likeness (QED) is 0.104. The summed E-state index contributed by atoms with van der Waals surface area (Å²) in [6.07, 6.45) is 20.5. The van der Waals surface area contributed by atoms with Crippen LogP contribution in [-0.4, -0.2) is 19.9 Å². The zero-order valence-electron chi connectivity index (χ0n) is 45.8. The van der Waals surface area contributed by atoms with Gasteiger partial charge in [0, 0.05) is 15.6 Å². The number of fused-ring (bicyclic) bond motifs is 16. The fraction of sp³-hybridized carbons (Fsp3) is 0.143. The van der Waals surface area contributed by atoms with Crippen molar-refractivity contribution in [2.75, 3.05) is 0 Å². The minimum atomic E-state index is 0. The Labute approximate surface area is 505 Å². The van der Waals surface area contributed by atoms with Crippen molar-refractivity contribution in [2.45, 2.75) is 65.2 Å². The number of hydrogen-bond acceptors (Lipinski definition) is 4. The van der Waals surface area contributed by atoms with Gasteiger partial charge in [0.2, 0.25) is 0 Å². The van der Waals surface area contributed by atoms with Gasteiger partial charge in [0.25, 0.3) is 0 Å². The third-order valence-corrected chi connectivity index (χ3v) is 16.3. The molecule has 384 valence electrons. The van der Waals surface area contributed by atoms with Crippen LogP contribution in [0.25, 0.3) is 126 Å². The summed E-state index contributed by atoms with van der Waals surface area (Å²) in [5, 5.41) is 0. The van der Waals surface area contributed by atoms with Gasteiger partial charge in [-0.1, -0.05) is 167 Å². The van der Waals surface area contributed by atoms with E-state index in [1.165, 1.54) is 0 Å². The van der Waals surface area contributed by atoms with Gasteiger partial charge in [-0.25, -0.2) is 19.9 Å². The van der Waals surface area contributed by atoms with Gasteiger partial charge in [-0.15, -0.1) is 44.1 Å². The summed E-state index contributed by atoms with van der Waals surface area (Å²) in [4.78, 5) is 42.4. The fourth-order valence-electron chi connectivity index (χ4n) is 11.4. The van der Waals surface area contributed by atoms with Crippen LogP contribution in [0.4, 0.5) is 0 Å². The molecule has 81 heavy (non-hydrogen) atoms. The molecule has 13 rings (SSSR count). The molecule has 0 aliphatic carbocycles. The predicted molar refractivity (Wildman–Crippen MR) is 330 cm³/mol. The van der Waals surface area contributed by atoms with E-state index in [0.29, 0.717) is 0 Å². The second kappa shape index (κ2) is 23.7. The van der Waals surface area contributed by atoms with E-state index in [1.54, 1.807) is 0 Å². The first-order chi connectivity index (χ1) is 38.8. The average molecular weight is 1220 g/mol. The Balaban J connectivity index is 0.00000345. The molecule has 0 fully saturated rings. The van der Waals surface area contributed by atoms with Gasteiger partial charge in [-0.05, 0) is 159 Å². The maximum Gasteiger partial charge on any atom is 2.00 e. The van der Waals surface area contributed by atoms with Gasteiger partial charge in [-0.3, -0.25) is 0 Å². The summed E-state index contributed by atoms with van der Waals surface area (Å²) < 4.78 is 0.867. The van der Waals surface area contributed by atoms with Crippen LogP contribution in [0, 0.1) is 11.8 Å². The molecule has 11 heteroatoms. The van der Waals surface area contributed by atoms with Crippen LogP contribution in [0.3, 0.4) is 0 Å². The summed E-state index contributed by atoms with van der Waals surface area (Å²) in [6, 6.07) is 47.9. The van der Waals surface area contributed by atoms with E-state index in [9.17, 15) is 0 Å². The monoisotopic (exact) mass is 1210 g/mol. The van der Waals surface area contributed by atoms with Gasteiger partial charge in [-0.2, -0.15) is 0 Å². The van der Waals surface area contributed by atoms with E-state index in [0.717, 1.165) is 175 Å². The van der Waals surface area contributed by atoms with Crippen LogP contribution in [0.5, 0.6) is 0 Å². The second-order valence-electron chi connectivity index (χ2n) is 20.2. The Morgan fingerprint density at radius 1 is 0.383 bits per heavy atom. The van der Waals surface area contributed by atoms with E-state index < -0.39 is 0 Å². The molecule has 10 heterocycles. The van der Waals surface area contributed by atoms with Crippen molar-refractivity contribution < 1.29 is 39.0 Å². The van der Waals surface area contributed by atoms with Gasteiger partial charge < -0.3 is 19.9 Å². The Kier molecular flexibility index (Phi) is 16.1. The van der Waals surface area contributed by atoms with Crippen LogP contribution in [0.1, 0.15) is 133 Å². The molecular weight excluding hydrogens is 1160 g/mol. The zero-order valence-corrected chi connectivity index (χ0v) is 53.3. The molecule has 0 spiro atoms. The molecule has 0 N–H and O–H groups in total. The summed E-state index contributed by atoms with van der Waals surface area (Å²) in [6.45, 7) is 8.95. The summed E-state index contributed by atoms with van der Waals surface area (Å²) in [5.74, 6) is 7.69. The number of nitrogens with zero attached hydrogens (tertiary/aromatic N) is 8. The number of hydrogen-bond donors (Lipinski definition) is 0. The predicted octanol–water partition coefficient (Wildman–Crippen LogP) is 17.1. The van der Waals surface area contributed by atoms with Crippen molar-refractivity contribution in [1.29, 1.82) is 0 Å². The zero-order chi connectivity index (χ0) is 53.6. The molecule has 0 saturated heterocycles. The first-order valence-electron chi connectivity index (χ1n) is 27.3.